The van der Waals surface area contributed by atoms with Crippen molar-refractivity contribution >= 4 is 11.5 Å². The number of nitrogens with one attached hydrogen (secondary N) is 1. The van der Waals surface area contributed by atoms with Crippen LogP contribution in [0.4, 0.5) is 5.69 Å². The summed E-state index contributed by atoms with van der Waals surface area (Å²) in [5.74, 6) is -0.192. The van der Waals surface area contributed by atoms with Gasteiger partial charge in [0.1, 0.15) is 11.9 Å². The number of ketones is 1. The molecule has 6 nitrogen and oxygen atoms in total. The van der Waals surface area contributed by atoms with Gasteiger partial charge in [-0.3, -0.25) is 14.9 Å². The second-order valence-corrected chi connectivity index (χ2v) is 2.61. The molecule has 74 valence electrons. The predicted molar refractivity (Wildman–Crippen MR) is 49.1 cm³/mol. The van der Waals surface area contributed by atoms with Gasteiger partial charge in [-0.1, -0.05) is 0 Å². The van der Waals surface area contributed by atoms with Crippen LogP contribution >= 0.6 is 0 Å². The van der Waals surface area contributed by atoms with Crippen LogP contribution in [0.5, 0.6) is 0 Å². The maximum absolute atomic E-state index is 11.2. The molecule has 1 aromatic rings. The van der Waals surface area contributed by atoms with E-state index in [1.54, 1.807) is 7.05 Å². The summed E-state index contributed by atoms with van der Waals surface area (Å²) in [7, 11) is 1.64. The fourth-order valence-electron chi connectivity index (χ4n) is 0.910. The minimum Gasteiger partial charge on any atom is -0.313 e. The third-order valence-corrected chi connectivity index (χ3v) is 1.58. The molecule has 0 radical (unpaired) electrons. The van der Waals surface area contributed by atoms with Gasteiger partial charge in [0.25, 0.3) is 5.69 Å². The van der Waals surface area contributed by atoms with Gasteiger partial charge in [0.15, 0.2) is 5.78 Å². The van der Waals surface area contributed by atoms with Crippen molar-refractivity contribution in [1.29, 1.82) is 0 Å². The molecule has 1 rings (SSSR count). The minimum absolute atomic E-state index is 0.119. The van der Waals surface area contributed by atoms with Crippen molar-refractivity contribution in [3.63, 3.8) is 0 Å². The van der Waals surface area contributed by atoms with E-state index in [-0.39, 0.29) is 23.7 Å². The Hall–Kier alpha value is -1.82. The number of pyridine rings is 1. The third kappa shape index (κ3) is 2.33. The molecular weight excluding hydrogens is 186 g/mol. The molecule has 14 heavy (non-hydrogen) atoms. The molecule has 0 fully saturated rings. The van der Waals surface area contributed by atoms with Gasteiger partial charge < -0.3 is 5.32 Å². The van der Waals surface area contributed by atoms with Gasteiger partial charge >= 0.3 is 0 Å². The largest absolute Gasteiger partial charge is 0.313 e. The van der Waals surface area contributed by atoms with E-state index in [0.717, 1.165) is 6.20 Å². The van der Waals surface area contributed by atoms with Crippen molar-refractivity contribution in [1.82, 2.24) is 10.3 Å². The Labute approximate surface area is 80.1 Å². The molecule has 0 bridgehead atoms. The summed E-state index contributed by atoms with van der Waals surface area (Å²) >= 11 is 0. The molecule has 0 aliphatic heterocycles. The first-order valence-corrected chi connectivity index (χ1v) is 3.93. The summed E-state index contributed by atoms with van der Waals surface area (Å²) in [6.07, 6.45) is 1.07. The molecule has 0 aliphatic rings. The van der Waals surface area contributed by atoms with Crippen molar-refractivity contribution in [2.45, 2.75) is 0 Å². The zero-order chi connectivity index (χ0) is 10.6. The zero-order valence-electron chi connectivity index (χ0n) is 7.56. The highest BCUT2D eigenvalue weighted by molar-refractivity contribution is 5.95. The van der Waals surface area contributed by atoms with Crippen LogP contribution in [0.3, 0.4) is 0 Å². The number of Topliss-reactive ketones (excluding diaryl/α,β-unsaturated/α-hetero) is 1. The van der Waals surface area contributed by atoms with Crippen molar-refractivity contribution in [2.75, 3.05) is 13.6 Å². The summed E-state index contributed by atoms with van der Waals surface area (Å²) in [5, 5.41) is 13.0. The van der Waals surface area contributed by atoms with E-state index < -0.39 is 4.92 Å². The Morgan fingerprint density at radius 3 is 2.79 bits per heavy atom. The first kappa shape index (κ1) is 10.3. The zero-order valence-corrected chi connectivity index (χ0v) is 7.56. The predicted octanol–water partition coefficient (Wildman–Crippen LogP) is 0.392. The summed E-state index contributed by atoms with van der Waals surface area (Å²) < 4.78 is 0. The number of hydrogen-bond acceptors (Lipinski definition) is 5. The van der Waals surface area contributed by atoms with Crippen molar-refractivity contribution in [3.8, 4) is 0 Å². The molecule has 0 spiro atoms. The SMILES string of the molecule is CNCC(=O)c1ccc([N+](=O)[O-])cn1. The van der Waals surface area contributed by atoms with Gasteiger partial charge in [-0.15, -0.1) is 0 Å². The van der Waals surface area contributed by atoms with Crippen LogP contribution in [0.25, 0.3) is 0 Å². The van der Waals surface area contributed by atoms with Gasteiger partial charge in [-0.25, -0.2) is 4.98 Å². The van der Waals surface area contributed by atoms with Gasteiger partial charge in [0.05, 0.1) is 11.5 Å². The molecule has 6 heteroatoms. The topological polar surface area (TPSA) is 85.1 Å². The quantitative estimate of drug-likeness (QED) is 0.426. The van der Waals surface area contributed by atoms with Crippen LogP contribution in [0.1, 0.15) is 10.5 Å². The highest BCUT2D eigenvalue weighted by Crippen LogP contribution is 2.08. The molecule has 0 aromatic carbocycles. The highest BCUT2D eigenvalue weighted by Gasteiger charge is 2.09. The standard InChI is InChI=1S/C8H9N3O3/c1-9-5-8(12)7-3-2-6(4-10-7)11(13)14/h2-4,9H,5H2,1H3. The first-order valence-electron chi connectivity index (χ1n) is 3.93. The van der Waals surface area contributed by atoms with E-state index in [2.05, 4.69) is 10.3 Å². The van der Waals surface area contributed by atoms with E-state index in [4.69, 9.17) is 0 Å². The number of hydrogen-bond donors (Lipinski definition) is 1. The number of likely N-dealkylation sites (N-methyl/N-ethyl adjacent to an activating group) is 1. The molecule has 0 amide bonds. The first-order chi connectivity index (χ1) is 6.65. The Balaban J connectivity index is 2.83. The average Bonchev–Trinajstić information content (AvgIpc) is 2.18. The molecule has 0 unspecified atom stereocenters. The van der Waals surface area contributed by atoms with Crippen LogP contribution in [0.15, 0.2) is 18.3 Å². The average molecular weight is 195 g/mol. The van der Waals surface area contributed by atoms with Gasteiger partial charge in [0, 0.05) is 6.07 Å². The number of nitrogens with zero attached hydrogens (tertiary/aromatic N) is 2. The molecule has 1 N–H and O–H groups in total. The molecule has 1 aromatic heterocycles. The normalized spacial score (nSPS) is 9.79. The van der Waals surface area contributed by atoms with Crippen LogP contribution in [0, 0.1) is 10.1 Å². The summed E-state index contributed by atoms with van der Waals surface area (Å²) in [4.78, 5) is 24.6. The van der Waals surface area contributed by atoms with E-state index in [1.807, 2.05) is 0 Å². The summed E-state index contributed by atoms with van der Waals surface area (Å²) in [5.41, 5.74) is 0.107. The molecular formula is C8H9N3O3. The second-order valence-electron chi connectivity index (χ2n) is 2.61. The molecule has 0 saturated heterocycles. The monoisotopic (exact) mass is 195 g/mol. The second kappa shape index (κ2) is 4.43. The Morgan fingerprint density at radius 2 is 2.36 bits per heavy atom. The Kier molecular flexibility index (Phi) is 3.24. The molecule has 1 heterocycles. The van der Waals surface area contributed by atoms with Crippen LogP contribution < -0.4 is 5.32 Å². The fourth-order valence-corrected chi connectivity index (χ4v) is 0.910. The number of rotatable bonds is 4. The number of carbonyl (C=O) groups is 1. The van der Waals surface area contributed by atoms with Crippen molar-refractivity contribution in [2.24, 2.45) is 0 Å². The lowest BCUT2D eigenvalue weighted by Crippen LogP contribution is -2.19. The van der Waals surface area contributed by atoms with E-state index in [0.29, 0.717) is 0 Å². The summed E-state index contributed by atoms with van der Waals surface area (Å²) in [6, 6.07) is 2.60. The van der Waals surface area contributed by atoms with Crippen LogP contribution in [0.2, 0.25) is 0 Å². The van der Waals surface area contributed by atoms with Gasteiger partial charge in [-0.05, 0) is 13.1 Å². The summed E-state index contributed by atoms with van der Waals surface area (Å²) in [6.45, 7) is 0.171. The lowest BCUT2D eigenvalue weighted by atomic mass is 10.2. The molecule has 0 aliphatic carbocycles. The molecule has 0 saturated carbocycles. The van der Waals surface area contributed by atoms with Crippen LogP contribution in [-0.2, 0) is 0 Å². The Bertz CT molecular complexity index is 347. The molecule has 0 atom stereocenters. The fraction of sp³-hybridized carbons (Fsp3) is 0.250. The van der Waals surface area contributed by atoms with E-state index in [9.17, 15) is 14.9 Å². The van der Waals surface area contributed by atoms with E-state index >= 15 is 0 Å². The van der Waals surface area contributed by atoms with Gasteiger partial charge in [-0.2, -0.15) is 0 Å². The van der Waals surface area contributed by atoms with Crippen molar-refractivity contribution < 1.29 is 9.72 Å². The lowest BCUT2D eigenvalue weighted by molar-refractivity contribution is -0.385. The third-order valence-electron chi connectivity index (χ3n) is 1.58. The van der Waals surface area contributed by atoms with Crippen molar-refractivity contribution in [3.05, 3.63) is 34.1 Å². The lowest BCUT2D eigenvalue weighted by Gasteiger charge is -1.97. The van der Waals surface area contributed by atoms with Crippen LogP contribution in [-0.4, -0.2) is 29.3 Å². The highest BCUT2D eigenvalue weighted by atomic mass is 16.6. The maximum Gasteiger partial charge on any atom is 0.287 e. The smallest absolute Gasteiger partial charge is 0.287 e. The maximum atomic E-state index is 11.2. The minimum atomic E-state index is -0.556. The number of aromatic nitrogens is 1. The number of carbonyl (C=O) groups excluding carboxylic acids is 1. The number of nitro groups is 1. The van der Waals surface area contributed by atoms with Gasteiger partial charge in [0.2, 0.25) is 0 Å². The van der Waals surface area contributed by atoms with E-state index in [1.165, 1.54) is 12.1 Å². The Morgan fingerprint density at radius 1 is 1.64 bits per heavy atom.